The van der Waals surface area contributed by atoms with Gasteiger partial charge in [-0.2, -0.15) is 5.10 Å². The summed E-state index contributed by atoms with van der Waals surface area (Å²) in [6.45, 7) is 1.81. The van der Waals surface area contributed by atoms with E-state index < -0.39 is 10.0 Å². The fourth-order valence-electron chi connectivity index (χ4n) is 2.80. The number of para-hydroxylation sites is 1. The van der Waals surface area contributed by atoms with E-state index in [0.29, 0.717) is 27.9 Å². The lowest BCUT2D eigenvalue weighted by atomic mass is 10.2. The first kappa shape index (κ1) is 25.9. The summed E-state index contributed by atoms with van der Waals surface area (Å²) in [6, 6.07) is 17.0. The first-order chi connectivity index (χ1) is 15.8. The summed E-state index contributed by atoms with van der Waals surface area (Å²) in [6.07, 6.45) is 1.56. The van der Waals surface area contributed by atoms with Crippen molar-refractivity contribution in [2.75, 3.05) is 24.4 Å². The van der Waals surface area contributed by atoms with E-state index in [0.717, 1.165) is 11.1 Å². The number of sulfonamides is 1. The van der Waals surface area contributed by atoms with Crippen LogP contribution >= 0.6 is 11.6 Å². The Kier molecular flexibility index (Phi) is 9.49. The molecule has 3 rings (SSSR count). The second kappa shape index (κ2) is 12.1. The molecule has 3 aromatic rings. The maximum Gasteiger partial charge on any atom is 0.264 e. The van der Waals surface area contributed by atoms with Crippen LogP contribution in [0.5, 0.6) is 11.5 Å². The van der Waals surface area contributed by atoms with Crippen molar-refractivity contribution in [3.63, 3.8) is 0 Å². The standard InChI is InChI=1S/C22H22ClN3O4S.H3NO.H2/c1-15-8-10-19(25-24-14-16-9-11-20(29-2)21(13-16)30-3)22(12-15)31(27,28)26-18-7-5-4-6-17(18)23;1-2;/h4-14,25-26H,1-3H3;2H,1H2;1H/b24-14+;;. The van der Waals surface area contributed by atoms with Crippen LogP contribution in [0.2, 0.25) is 5.02 Å². The number of nitrogens with zero attached hydrogens (tertiary/aromatic N) is 1. The molecule has 3 aromatic carbocycles. The van der Waals surface area contributed by atoms with Gasteiger partial charge in [0.2, 0.25) is 0 Å². The molecule has 9 nitrogen and oxygen atoms in total. The number of hydrogen-bond donors (Lipinski definition) is 4. The lowest BCUT2D eigenvalue weighted by Gasteiger charge is -2.13. The van der Waals surface area contributed by atoms with Crippen LogP contribution in [0.4, 0.5) is 11.4 Å². The minimum Gasteiger partial charge on any atom is -0.493 e. The van der Waals surface area contributed by atoms with Gasteiger partial charge >= 0.3 is 0 Å². The predicted octanol–water partition coefficient (Wildman–Crippen LogP) is 4.49. The molecule has 11 heteroatoms. The largest absolute Gasteiger partial charge is 0.493 e. The zero-order valence-corrected chi connectivity index (χ0v) is 19.8. The van der Waals surface area contributed by atoms with Gasteiger partial charge < -0.3 is 14.7 Å². The Balaban J connectivity index is 0.00000188. The molecule has 33 heavy (non-hydrogen) atoms. The van der Waals surface area contributed by atoms with E-state index in [9.17, 15) is 8.42 Å². The minimum absolute atomic E-state index is 0. The number of nitrogens with one attached hydrogen (secondary N) is 2. The number of rotatable bonds is 8. The van der Waals surface area contributed by atoms with Gasteiger partial charge in [0.25, 0.3) is 10.0 Å². The Bertz CT molecular complexity index is 1230. The number of hydrazone groups is 1. The average Bonchev–Trinajstić information content (AvgIpc) is 2.82. The SMILES string of the molecule is COc1ccc(/C=N/Nc2ccc(C)cc2S(=O)(=O)Nc2ccccc2Cl)cc1OC.NO.[HH]. The fraction of sp³-hybridized carbons (Fsp3) is 0.136. The number of hydrogen-bond acceptors (Lipinski definition) is 8. The molecule has 0 aliphatic heterocycles. The molecule has 0 bridgehead atoms. The van der Waals surface area contributed by atoms with E-state index in [1.807, 2.05) is 6.92 Å². The topological polar surface area (TPSA) is 135 Å². The number of anilines is 2. The highest BCUT2D eigenvalue weighted by Crippen LogP contribution is 2.29. The van der Waals surface area contributed by atoms with E-state index >= 15 is 0 Å². The van der Waals surface area contributed by atoms with Gasteiger partial charge in [0.05, 0.1) is 36.8 Å². The molecule has 0 spiro atoms. The summed E-state index contributed by atoms with van der Waals surface area (Å²) >= 11 is 6.10. The van der Waals surface area contributed by atoms with Crippen LogP contribution in [0, 0.1) is 6.92 Å². The van der Waals surface area contributed by atoms with Gasteiger partial charge in [-0.3, -0.25) is 10.1 Å². The third-order valence-corrected chi connectivity index (χ3v) is 6.09. The molecule has 0 aliphatic carbocycles. The van der Waals surface area contributed by atoms with Crippen LogP contribution in [0.25, 0.3) is 0 Å². The quantitative estimate of drug-likeness (QED) is 0.267. The Morgan fingerprint density at radius 3 is 2.36 bits per heavy atom. The van der Waals surface area contributed by atoms with Crippen molar-refractivity contribution >= 4 is 39.2 Å². The highest BCUT2D eigenvalue weighted by Gasteiger charge is 2.20. The van der Waals surface area contributed by atoms with Crippen LogP contribution in [-0.4, -0.2) is 34.1 Å². The van der Waals surface area contributed by atoms with Gasteiger partial charge in [0.15, 0.2) is 11.5 Å². The molecule has 0 aliphatic rings. The van der Waals surface area contributed by atoms with Gasteiger partial charge in [-0.05, 0) is 60.5 Å². The second-order valence-electron chi connectivity index (χ2n) is 6.57. The van der Waals surface area contributed by atoms with Gasteiger partial charge in [0, 0.05) is 1.43 Å². The van der Waals surface area contributed by atoms with Gasteiger partial charge in [-0.15, -0.1) is 0 Å². The van der Waals surface area contributed by atoms with Crippen molar-refractivity contribution in [2.24, 2.45) is 11.0 Å². The van der Waals surface area contributed by atoms with Crippen LogP contribution in [-0.2, 0) is 10.0 Å². The maximum absolute atomic E-state index is 13.0. The van der Waals surface area contributed by atoms with E-state index in [1.54, 1.807) is 81.1 Å². The van der Waals surface area contributed by atoms with E-state index in [2.05, 4.69) is 21.1 Å². The van der Waals surface area contributed by atoms with Crippen LogP contribution in [0.1, 0.15) is 12.6 Å². The summed E-state index contributed by atoms with van der Waals surface area (Å²) in [5, 5.41) is 11.0. The maximum atomic E-state index is 13.0. The van der Waals surface area contributed by atoms with Crippen LogP contribution in [0.15, 0.2) is 70.7 Å². The molecule has 0 unspecified atom stereocenters. The molecule has 0 amide bonds. The fourth-order valence-corrected chi connectivity index (χ4v) is 4.36. The highest BCUT2D eigenvalue weighted by atomic mass is 35.5. The molecule has 0 fully saturated rings. The summed E-state index contributed by atoms with van der Waals surface area (Å²) in [5.74, 6) is 4.67. The molecule has 0 saturated carbocycles. The zero-order valence-electron chi connectivity index (χ0n) is 18.2. The van der Waals surface area contributed by atoms with Crippen molar-refractivity contribution < 1.29 is 24.5 Å². The number of aryl methyl sites for hydroxylation is 1. The third-order valence-electron chi connectivity index (χ3n) is 4.35. The predicted molar refractivity (Wildman–Crippen MR) is 132 cm³/mol. The molecular weight excluding hydrogens is 468 g/mol. The lowest BCUT2D eigenvalue weighted by molar-refractivity contribution is 0.311. The van der Waals surface area contributed by atoms with Crippen molar-refractivity contribution in [3.05, 3.63) is 76.8 Å². The molecular formula is C22H27ClN4O5S. The number of nitrogens with two attached hydrogens (primary N) is 1. The van der Waals surface area contributed by atoms with E-state index in [4.69, 9.17) is 26.3 Å². The molecule has 0 atom stereocenters. The first-order valence-corrected chi connectivity index (χ1v) is 11.3. The number of ether oxygens (including phenoxy) is 2. The summed E-state index contributed by atoms with van der Waals surface area (Å²) in [7, 11) is -0.804. The summed E-state index contributed by atoms with van der Waals surface area (Å²) in [4.78, 5) is 0.0527. The van der Waals surface area contributed by atoms with Gasteiger partial charge in [-0.1, -0.05) is 29.8 Å². The molecule has 0 radical (unpaired) electrons. The highest BCUT2D eigenvalue weighted by molar-refractivity contribution is 7.93. The first-order valence-electron chi connectivity index (χ1n) is 9.49. The van der Waals surface area contributed by atoms with Crippen molar-refractivity contribution in [1.29, 1.82) is 0 Å². The second-order valence-corrected chi connectivity index (χ2v) is 8.63. The molecule has 0 aromatic heterocycles. The third kappa shape index (κ3) is 6.83. The van der Waals surface area contributed by atoms with Crippen LogP contribution < -0.4 is 25.5 Å². The van der Waals surface area contributed by atoms with Gasteiger partial charge in [0.1, 0.15) is 4.90 Å². The minimum atomic E-state index is -3.91. The van der Waals surface area contributed by atoms with Crippen molar-refractivity contribution in [2.45, 2.75) is 11.8 Å². The Morgan fingerprint density at radius 1 is 1.00 bits per heavy atom. The molecule has 0 heterocycles. The Hall–Kier alpha value is -3.31. The lowest BCUT2D eigenvalue weighted by Crippen LogP contribution is -2.15. The summed E-state index contributed by atoms with van der Waals surface area (Å²) < 4.78 is 39.1. The summed E-state index contributed by atoms with van der Waals surface area (Å²) in [5.41, 5.74) is 4.96. The van der Waals surface area contributed by atoms with Crippen molar-refractivity contribution in [3.8, 4) is 11.5 Å². The number of halogens is 1. The van der Waals surface area contributed by atoms with E-state index in [1.165, 1.54) is 0 Å². The Morgan fingerprint density at radius 2 is 1.70 bits per heavy atom. The smallest absolute Gasteiger partial charge is 0.264 e. The number of benzene rings is 3. The molecule has 178 valence electrons. The Labute approximate surface area is 199 Å². The molecule has 0 saturated heterocycles. The van der Waals surface area contributed by atoms with Gasteiger partial charge in [-0.25, -0.2) is 14.3 Å². The zero-order chi connectivity index (χ0) is 24.4. The monoisotopic (exact) mass is 494 g/mol. The van der Waals surface area contributed by atoms with Crippen LogP contribution in [0.3, 0.4) is 0 Å². The normalized spacial score (nSPS) is 10.8. The average molecular weight is 495 g/mol. The van der Waals surface area contributed by atoms with E-state index in [-0.39, 0.29) is 6.32 Å². The number of methoxy groups -OCH3 is 2. The molecule has 5 N–H and O–H groups in total. The van der Waals surface area contributed by atoms with Crippen molar-refractivity contribution in [1.82, 2.24) is 0 Å².